The standard InChI is InChI=1S/C28H29N3O2/c1-6-33-28(32)23-14-12-21(13-15-23)24-27(30-26(29-24)22-10-8-7-9-11-22)31(5)25-19(3)16-18(2)17-20(25)4/h7-17H,6H2,1-5H3,(H,29,30). The molecule has 1 N–H and O–H groups in total. The van der Waals surface area contributed by atoms with E-state index in [4.69, 9.17) is 9.72 Å². The Balaban J connectivity index is 1.83. The number of carbonyl (C=O) groups is 1. The Hall–Kier alpha value is -3.86. The summed E-state index contributed by atoms with van der Waals surface area (Å²) in [6, 6.07) is 21.9. The van der Waals surface area contributed by atoms with Crippen molar-refractivity contribution in [2.45, 2.75) is 27.7 Å². The van der Waals surface area contributed by atoms with Crippen LogP contribution in [0.4, 0.5) is 11.5 Å². The van der Waals surface area contributed by atoms with Gasteiger partial charge in [0.2, 0.25) is 0 Å². The number of nitrogens with one attached hydrogen (secondary N) is 1. The molecule has 0 aliphatic rings. The van der Waals surface area contributed by atoms with Crippen molar-refractivity contribution in [2.24, 2.45) is 0 Å². The van der Waals surface area contributed by atoms with Crippen LogP contribution in [-0.2, 0) is 4.74 Å². The van der Waals surface area contributed by atoms with E-state index in [-0.39, 0.29) is 5.97 Å². The molecule has 0 unspecified atom stereocenters. The molecule has 0 bridgehead atoms. The molecule has 0 amide bonds. The fourth-order valence-electron chi connectivity index (χ4n) is 4.34. The lowest BCUT2D eigenvalue weighted by atomic mass is 10.0. The van der Waals surface area contributed by atoms with E-state index in [0.29, 0.717) is 12.2 Å². The lowest BCUT2D eigenvalue weighted by Crippen LogP contribution is -2.14. The lowest BCUT2D eigenvalue weighted by Gasteiger charge is -2.23. The van der Waals surface area contributed by atoms with Gasteiger partial charge >= 0.3 is 5.97 Å². The highest BCUT2D eigenvalue weighted by atomic mass is 16.5. The second-order valence-corrected chi connectivity index (χ2v) is 8.25. The number of carbonyl (C=O) groups excluding carboxylic acids is 1. The van der Waals surface area contributed by atoms with Crippen LogP contribution in [0.3, 0.4) is 0 Å². The van der Waals surface area contributed by atoms with E-state index in [9.17, 15) is 4.79 Å². The molecule has 0 radical (unpaired) electrons. The summed E-state index contributed by atoms with van der Waals surface area (Å²) in [5.74, 6) is 1.30. The van der Waals surface area contributed by atoms with E-state index >= 15 is 0 Å². The number of hydrogen-bond acceptors (Lipinski definition) is 4. The number of imidazole rings is 1. The molecule has 1 aromatic heterocycles. The molecule has 0 atom stereocenters. The molecule has 0 saturated heterocycles. The van der Waals surface area contributed by atoms with Crippen LogP contribution in [0.15, 0.2) is 66.7 Å². The average molecular weight is 440 g/mol. The number of ether oxygens (including phenoxy) is 1. The number of hydrogen-bond donors (Lipinski definition) is 1. The summed E-state index contributed by atoms with van der Waals surface area (Å²) in [7, 11) is 2.05. The lowest BCUT2D eigenvalue weighted by molar-refractivity contribution is 0.0526. The zero-order valence-electron chi connectivity index (χ0n) is 19.8. The Labute approximate surface area is 195 Å². The fourth-order valence-corrected chi connectivity index (χ4v) is 4.34. The van der Waals surface area contributed by atoms with Gasteiger partial charge in [-0.05, 0) is 51.0 Å². The number of H-pyrrole nitrogens is 1. The Morgan fingerprint density at radius 3 is 2.18 bits per heavy atom. The van der Waals surface area contributed by atoms with Crippen LogP contribution >= 0.6 is 0 Å². The summed E-state index contributed by atoms with van der Waals surface area (Å²) in [5.41, 5.74) is 8.15. The number of aryl methyl sites for hydroxylation is 3. The topological polar surface area (TPSA) is 58.2 Å². The van der Waals surface area contributed by atoms with Crippen molar-refractivity contribution in [3.05, 3.63) is 89.0 Å². The normalized spacial score (nSPS) is 10.8. The Bertz CT molecular complexity index is 1250. The largest absolute Gasteiger partial charge is 0.462 e. The van der Waals surface area contributed by atoms with E-state index in [1.165, 1.54) is 16.7 Å². The third kappa shape index (κ3) is 4.53. The van der Waals surface area contributed by atoms with E-state index in [0.717, 1.165) is 34.2 Å². The monoisotopic (exact) mass is 439 g/mol. The van der Waals surface area contributed by atoms with Gasteiger partial charge in [-0.1, -0.05) is 60.2 Å². The molecule has 0 aliphatic heterocycles. The zero-order chi connectivity index (χ0) is 23.5. The molecule has 0 spiro atoms. The van der Waals surface area contributed by atoms with Gasteiger partial charge in [0.1, 0.15) is 5.82 Å². The van der Waals surface area contributed by atoms with Gasteiger partial charge in [-0.15, -0.1) is 0 Å². The van der Waals surface area contributed by atoms with E-state index < -0.39 is 0 Å². The molecule has 1 heterocycles. The highest BCUT2D eigenvalue weighted by Crippen LogP contribution is 2.37. The van der Waals surface area contributed by atoms with Gasteiger partial charge in [0, 0.05) is 23.9 Å². The van der Waals surface area contributed by atoms with Gasteiger partial charge < -0.3 is 14.6 Å². The van der Waals surface area contributed by atoms with Crippen LogP contribution in [0, 0.1) is 20.8 Å². The van der Waals surface area contributed by atoms with Crippen molar-refractivity contribution < 1.29 is 9.53 Å². The van der Waals surface area contributed by atoms with Crippen molar-refractivity contribution in [3.63, 3.8) is 0 Å². The number of anilines is 2. The first-order valence-electron chi connectivity index (χ1n) is 11.1. The maximum Gasteiger partial charge on any atom is 0.338 e. The van der Waals surface area contributed by atoms with Crippen LogP contribution in [0.2, 0.25) is 0 Å². The second-order valence-electron chi connectivity index (χ2n) is 8.25. The molecule has 168 valence electrons. The van der Waals surface area contributed by atoms with Crippen LogP contribution < -0.4 is 4.90 Å². The average Bonchev–Trinajstić information content (AvgIpc) is 3.25. The summed E-state index contributed by atoms with van der Waals surface area (Å²) >= 11 is 0. The molecule has 4 rings (SSSR count). The van der Waals surface area contributed by atoms with Gasteiger partial charge in [-0.3, -0.25) is 0 Å². The summed E-state index contributed by atoms with van der Waals surface area (Å²) in [4.78, 5) is 22.8. The van der Waals surface area contributed by atoms with Crippen molar-refractivity contribution in [2.75, 3.05) is 18.6 Å². The minimum Gasteiger partial charge on any atom is -0.462 e. The van der Waals surface area contributed by atoms with Crippen molar-refractivity contribution in [3.8, 4) is 22.6 Å². The number of aromatic nitrogens is 2. The Morgan fingerprint density at radius 2 is 1.58 bits per heavy atom. The highest BCUT2D eigenvalue weighted by Gasteiger charge is 2.21. The zero-order valence-corrected chi connectivity index (χ0v) is 19.8. The van der Waals surface area contributed by atoms with Crippen molar-refractivity contribution in [1.82, 2.24) is 9.97 Å². The molecule has 0 fully saturated rings. The highest BCUT2D eigenvalue weighted by molar-refractivity contribution is 5.90. The third-order valence-electron chi connectivity index (χ3n) is 5.71. The summed E-state index contributed by atoms with van der Waals surface area (Å²) in [6.45, 7) is 8.53. The van der Waals surface area contributed by atoms with E-state index in [1.807, 2.05) is 49.5 Å². The number of rotatable bonds is 6. The van der Waals surface area contributed by atoms with Crippen molar-refractivity contribution in [1.29, 1.82) is 0 Å². The molecule has 0 saturated carbocycles. The molecular weight excluding hydrogens is 410 g/mol. The summed E-state index contributed by atoms with van der Waals surface area (Å²) < 4.78 is 5.12. The van der Waals surface area contributed by atoms with Gasteiger partial charge in [0.05, 0.1) is 17.9 Å². The number of nitrogens with zero attached hydrogens (tertiary/aromatic N) is 2. The summed E-state index contributed by atoms with van der Waals surface area (Å²) in [5, 5.41) is 0. The van der Waals surface area contributed by atoms with Gasteiger partial charge in [-0.2, -0.15) is 0 Å². The van der Waals surface area contributed by atoms with E-state index in [2.05, 4.69) is 42.8 Å². The maximum atomic E-state index is 12.1. The Kier molecular flexibility index (Phi) is 6.31. The number of aromatic amines is 1. The SMILES string of the molecule is CCOC(=O)c1ccc(-c2[nH]c(-c3ccccc3)nc2N(C)c2c(C)cc(C)cc2C)cc1. The van der Waals surface area contributed by atoms with Crippen LogP contribution in [0.25, 0.3) is 22.6 Å². The fraction of sp³-hybridized carbons (Fsp3) is 0.214. The van der Waals surface area contributed by atoms with Crippen LogP contribution in [0.5, 0.6) is 0 Å². The van der Waals surface area contributed by atoms with Crippen molar-refractivity contribution >= 4 is 17.5 Å². The predicted molar refractivity (Wildman–Crippen MR) is 134 cm³/mol. The molecule has 5 nitrogen and oxygen atoms in total. The number of benzene rings is 3. The summed E-state index contributed by atoms with van der Waals surface area (Å²) in [6.07, 6.45) is 0. The minimum atomic E-state index is -0.318. The molecule has 0 aliphatic carbocycles. The van der Waals surface area contributed by atoms with Gasteiger partial charge in [0.25, 0.3) is 0 Å². The molecule has 3 aromatic carbocycles. The van der Waals surface area contributed by atoms with Crippen LogP contribution in [0.1, 0.15) is 34.0 Å². The van der Waals surface area contributed by atoms with Crippen LogP contribution in [-0.4, -0.2) is 29.6 Å². The number of esters is 1. The molecular formula is C28H29N3O2. The first kappa shape index (κ1) is 22.3. The first-order chi connectivity index (χ1) is 15.9. The minimum absolute atomic E-state index is 0.318. The molecule has 5 heteroatoms. The second kappa shape index (κ2) is 9.33. The van der Waals surface area contributed by atoms with Gasteiger partial charge in [-0.25, -0.2) is 9.78 Å². The first-order valence-corrected chi connectivity index (χ1v) is 11.1. The van der Waals surface area contributed by atoms with Gasteiger partial charge in [0.15, 0.2) is 5.82 Å². The van der Waals surface area contributed by atoms with E-state index in [1.54, 1.807) is 19.1 Å². The smallest absolute Gasteiger partial charge is 0.338 e. The third-order valence-corrected chi connectivity index (χ3v) is 5.71. The maximum absolute atomic E-state index is 12.1. The predicted octanol–water partition coefficient (Wildman–Crippen LogP) is 6.61. The quantitative estimate of drug-likeness (QED) is 0.343. The molecule has 4 aromatic rings. The Morgan fingerprint density at radius 1 is 0.939 bits per heavy atom. The molecule has 33 heavy (non-hydrogen) atoms.